The maximum Gasteiger partial charge on any atom is 0.226 e. The summed E-state index contributed by atoms with van der Waals surface area (Å²) in [5.41, 5.74) is 5.74. The van der Waals surface area contributed by atoms with Crippen LogP contribution in [-0.4, -0.2) is 24.4 Å². The second-order valence-corrected chi connectivity index (χ2v) is 4.44. The smallest absolute Gasteiger partial charge is 0.226 e. The maximum atomic E-state index is 13.5. The van der Waals surface area contributed by atoms with Gasteiger partial charge in [0.05, 0.1) is 0 Å². The normalized spacial score (nSPS) is 12.3. The lowest BCUT2D eigenvalue weighted by Gasteiger charge is -2.21. The SMILES string of the molecule is CC(CN)C(=O)N(C)Cc1c(F)cccc1Cl. The van der Waals surface area contributed by atoms with E-state index in [1.54, 1.807) is 20.0 Å². The van der Waals surface area contributed by atoms with Crippen molar-refractivity contribution in [3.05, 3.63) is 34.6 Å². The van der Waals surface area contributed by atoms with Crippen molar-refractivity contribution in [3.8, 4) is 0 Å². The van der Waals surface area contributed by atoms with Gasteiger partial charge in [0.1, 0.15) is 5.82 Å². The predicted molar refractivity (Wildman–Crippen MR) is 66.1 cm³/mol. The highest BCUT2D eigenvalue weighted by molar-refractivity contribution is 6.31. The Labute approximate surface area is 105 Å². The van der Waals surface area contributed by atoms with Gasteiger partial charge in [-0.2, -0.15) is 0 Å². The lowest BCUT2D eigenvalue weighted by molar-refractivity contribution is -0.133. The Balaban J connectivity index is 2.81. The number of halogens is 2. The molecule has 94 valence electrons. The molecule has 3 nitrogen and oxygen atoms in total. The molecule has 1 aromatic rings. The van der Waals surface area contributed by atoms with Crippen LogP contribution in [-0.2, 0) is 11.3 Å². The van der Waals surface area contributed by atoms with E-state index in [2.05, 4.69) is 0 Å². The quantitative estimate of drug-likeness (QED) is 0.898. The number of carbonyl (C=O) groups is 1. The molecule has 0 saturated carbocycles. The summed E-state index contributed by atoms with van der Waals surface area (Å²) in [5.74, 6) is -0.796. The van der Waals surface area contributed by atoms with E-state index in [1.165, 1.54) is 17.0 Å². The number of hydrogen-bond acceptors (Lipinski definition) is 2. The van der Waals surface area contributed by atoms with Crippen LogP contribution in [0.5, 0.6) is 0 Å². The zero-order valence-electron chi connectivity index (χ0n) is 9.91. The molecule has 0 fully saturated rings. The van der Waals surface area contributed by atoms with Crippen molar-refractivity contribution >= 4 is 17.5 Å². The molecule has 0 bridgehead atoms. The molecule has 1 unspecified atom stereocenters. The van der Waals surface area contributed by atoms with Crippen molar-refractivity contribution in [1.29, 1.82) is 0 Å². The summed E-state index contributed by atoms with van der Waals surface area (Å²) >= 11 is 5.89. The molecule has 2 N–H and O–H groups in total. The molecular weight excluding hydrogens is 243 g/mol. The average molecular weight is 259 g/mol. The van der Waals surface area contributed by atoms with Crippen LogP contribution in [0.4, 0.5) is 4.39 Å². The molecule has 0 aliphatic heterocycles. The molecule has 1 atom stereocenters. The van der Waals surface area contributed by atoms with E-state index in [1.807, 2.05) is 0 Å². The lowest BCUT2D eigenvalue weighted by atomic mass is 10.1. The Bertz CT molecular complexity index is 391. The standard InChI is InChI=1S/C12H16ClFN2O/c1-8(6-15)12(17)16(2)7-9-10(13)4-3-5-11(9)14/h3-5,8H,6-7,15H2,1-2H3. The fraction of sp³-hybridized carbons (Fsp3) is 0.417. The summed E-state index contributed by atoms with van der Waals surface area (Å²) in [7, 11) is 1.61. The van der Waals surface area contributed by atoms with E-state index < -0.39 is 5.82 Å². The minimum atomic E-state index is -0.405. The molecule has 1 rings (SSSR count). The summed E-state index contributed by atoms with van der Waals surface area (Å²) in [6.07, 6.45) is 0. The van der Waals surface area contributed by atoms with Crippen LogP contribution >= 0.6 is 11.6 Å². The Morgan fingerprint density at radius 3 is 2.76 bits per heavy atom. The van der Waals surface area contributed by atoms with Gasteiger partial charge < -0.3 is 10.6 Å². The van der Waals surface area contributed by atoms with E-state index in [9.17, 15) is 9.18 Å². The van der Waals surface area contributed by atoms with Crippen LogP contribution in [0.15, 0.2) is 18.2 Å². The van der Waals surface area contributed by atoms with Crippen molar-refractivity contribution in [2.24, 2.45) is 11.7 Å². The number of nitrogens with two attached hydrogens (primary N) is 1. The van der Waals surface area contributed by atoms with Crippen LogP contribution in [0.3, 0.4) is 0 Å². The van der Waals surface area contributed by atoms with Gasteiger partial charge in [0.2, 0.25) is 5.91 Å². The Morgan fingerprint density at radius 1 is 1.59 bits per heavy atom. The van der Waals surface area contributed by atoms with Crippen LogP contribution in [0.25, 0.3) is 0 Å². The molecule has 1 amide bonds. The van der Waals surface area contributed by atoms with E-state index in [4.69, 9.17) is 17.3 Å². The van der Waals surface area contributed by atoms with Gasteiger partial charge in [-0.15, -0.1) is 0 Å². The second-order valence-electron chi connectivity index (χ2n) is 4.03. The van der Waals surface area contributed by atoms with E-state index >= 15 is 0 Å². The van der Waals surface area contributed by atoms with Crippen LogP contribution < -0.4 is 5.73 Å². The molecule has 0 aromatic heterocycles. The van der Waals surface area contributed by atoms with Gasteiger partial charge in [-0.1, -0.05) is 24.6 Å². The highest BCUT2D eigenvalue weighted by Gasteiger charge is 2.18. The fourth-order valence-corrected chi connectivity index (χ4v) is 1.70. The number of amides is 1. The Hall–Kier alpha value is -1.13. The van der Waals surface area contributed by atoms with Gasteiger partial charge in [-0.05, 0) is 12.1 Å². The third-order valence-electron chi connectivity index (χ3n) is 2.61. The largest absolute Gasteiger partial charge is 0.341 e. The highest BCUT2D eigenvalue weighted by atomic mass is 35.5. The molecule has 0 heterocycles. The van der Waals surface area contributed by atoms with Crippen molar-refractivity contribution in [2.45, 2.75) is 13.5 Å². The summed E-state index contributed by atoms with van der Waals surface area (Å²) in [5, 5.41) is 0.324. The minimum Gasteiger partial charge on any atom is -0.341 e. The van der Waals surface area contributed by atoms with Gasteiger partial charge in [-0.25, -0.2) is 4.39 Å². The first-order valence-electron chi connectivity index (χ1n) is 5.35. The first-order chi connectivity index (χ1) is 7.97. The van der Waals surface area contributed by atoms with Crippen molar-refractivity contribution in [3.63, 3.8) is 0 Å². The van der Waals surface area contributed by atoms with Crippen LogP contribution in [0, 0.1) is 11.7 Å². The molecule has 0 aliphatic rings. The molecule has 0 spiro atoms. The summed E-state index contributed by atoms with van der Waals surface area (Å²) < 4.78 is 13.5. The molecule has 0 radical (unpaired) electrons. The van der Waals surface area contributed by atoms with Crippen LogP contribution in [0.1, 0.15) is 12.5 Å². The first kappa shape index (κ1) is 13.9. The molecule has 1 aromatic carbocycles. The fourth-order valence-electron chi connectivity index (χ4n) is 1.48. The molecule has 5 heteroatoms. The van der Waals surface area contributed by atoms with Crippen molar-refractivity contribution in [2.75, 3.05) is 13.6 Å². The van der Waals surface area contributed by atoms with E-state index in [0.717, 1.165) is 0 Å². The zero-order valence-corrected chi connectivity index (χ0v) is 10.7. The Kier molecular flexibility index (Phi) is 4.90. The lowest BCUT2D eigenvalue weighted by Crippen LogP contribution is -2.34. The maximum absolute atomic E-state index is 13.5. The Morgan fingerprint density at radius 2 is 2.24 bits per heavy atom. The topological polar surface area (TPSA) is 46.3 Å². The average Bonchev–Trinajstić information content (AvgIpc) is 2.31. The monoisotopic (exact) mass is 258 g/mol. The number of carbonyl (C=O) groups excluding carboxylic acids is 1. The number of benzene rings is 1. The van der Waals surface area contributed by atoms with Gasteiger partial charge in [0.15, 0.2) is 0 Å². The number of rotatable bonds is 4. The third-order valence-corrected chi connectivity index (χ3v) is 2.96. The molecular formula is C12H16ClFN2O. The highest BCUT2D eigenvalue weighted by Crippen LogP contribution is 2.20. The van der Waals surface area contributed by atoms with E-state index in [0.29, 0.717) is 10.6 Å². The van der Waals surface area contributed by atoms with Gasteiger partial charge in [-0.3, -0.25) is 4.79 Å². The third kappa shape index (κ3) is 3.41. The summed E-state index contributed by atoms with van der Waals surface area (Å²) in [6, 6.07) is 4.46. The predicted octanol–water partition coefficient (Wildman–Crippen LogP) is 2.03. The zero-order chi connectivity index (χ0) is 13.0. The van der Waals surface area contributed by atoms with Gasteiger partial charge >= 0.3 is 0 Å². The van der Waals surface area contributed by atoms with Crippen LogP contribution in [0.2, 0.25) is 5.02 Å². The second kappa shape index (κ2) is 5.98. The first-order valence-corrected chi connectivity index (χ1v) is 5.73. The van der Waals surface area contributed by atoms with Gasteiger partial charge in [0, 0.05) is 36.6 Å². The molecule has 0 saturated heterocycles. The van der Waals surface area contributed by atoms with E-state index in [-0.39, 0.29) is 24.9 Å². The molecule has 0 aliphatic carbocycles. The van der Waals surface area contributed by atoms with Gasteiger partial charge in [0.25, 0.3) is 0 Å². The van der Waals surface area contributed by atoms with Crippen molar-refractivity contribution < 1.29 is 9.18 Å². The summed E-state index contributed by atoms with van der Waals surface area (Å²) in [6.45, 7) is 2.16. The summed E-state index contributed by atoms with van der Waals surface area (Å²) in [4.78, 5) is 13.2. The van der Waals surface area contributed by atoms with Crippen molar-refractivity contribution in [1.82, 2.24) is 4.90 Å². The minimum absolute atomic E-state index is 0.119. The number of hydrogen-bond donors (Lipinski definition) is 1. The molecule has 17 heavy (non-hydrogen) atoms. The number of nitrogens with zero attached hydrogens (tertiary/aromatic N) is 1.